The quantitative estimate of drug-likeness (QED) is 0.313. The number of carbonyl (C=O) groups is 4. The predicted molar refractivity (Wildman–Crippen MR) is 159 cm³/mol. The van der Waals surface area contributed by atoms with Crippen molar-refractivity contribution in [3.8, 4) is 5.75 Å². The summed E-state index contributed by atoms with van der Waals surface area (Å²) in [7, 11) is 0. The number of anilines is 1. The number of nitrogens with zero attached hydrogens (tertiary/aromatic N) is 1. The van der Waals surface area contributed by atoms with Crippen LogP contribution in [0.3, 0.4) is 0 Å². The molecule has 3 aromatic rings. The van der Waals surface area contributed by atoms with E-state index < -0.39 is 59.9 Å². The van der Waals surface area contributed by atoms with E-state index in [-0.39, 0.29) is 39.5 Å². The molecule has 0 radical (unpaired) electrons. The fraction of sp³-hybridized carbons (Fsp3) is 0.387. The van der Waals surface area contributed by atoms with Crippen LogP contribution in [0.1, 0.15) is 35.3 Å². The molecule has 15 heteroatoms. The Kier molecular flexibility index (Phi) is 7.31. The van der Waals surface area contributed by atoms with Crippen LogP contribution in [0.25, 0.3) is 0 Å². The first-order chi connectivity index (χ1) is 21.8. The van der Waals surface area contributed by atoms with Crippen LogP contribution in [-0.4, -0.2) is 56.6 Å². The first-order valence-electron chi connectivity index (χ1n) is 14.5. The molecule has 3 amide bonds. The minimum atomic E-state index is -4.55. The van der Waals surface area contributed by atoms with Crippen molar-refractivity contribution in [2.24, 2.45) is 29.6 Å². The van der Waals surface area contributed by atoms with E-state index in [1.807, 2.05) is 12.1 Å². The van der Waals surface area contributed by atoms with Gasteiger partial charge in [0.2, 0.25) is 11.8 Å². The van der Waals surface area contributed by atoms with Crippen LogP contribution in [0.4, 0.5) is 18.9 Å². The molecule has 3 N–H and O–H groups in total. The number of aliphatic carboxylic acids is 1. The Morgan fingerprint density at radius 3 is 2.46 bits per heavy atom. The number of rotatable bonds is 7. The predicted octanol–water partition coefficient (Wildman–Crippen LogP) is 4.42. The number of H-pyrrole nitrogens is 1. The zero-order valence-corrected chi connectivity index (χ0v) is 25.6. The highest BCUT2D eigenvalue weighted by molar-refractivity contribution is 8.00. The van der Waals surface area contributed by atoms with Gasteiger partial charge in [-0.15, -0.1) is 11.8 Å². The Balaban J connectivity index is 1.11. The molecule has 1 aromatic heterocycles. The molecular formula is C31H26F3N3O7S2. The van der Waals surface area contributed by atoms with Gasteiger partial charge < -0.3 is 20.1 Å². The number of halogens is 3. The van der Waals surface area contributed by atoms with Gasteiger partial charge in [0.05, 0.1) is 22.4 Å². The van der Waals surface area contributed by atoms with Gasteiger partial charge in [0.1, 0.15) is 11.8 Å². The summed E-state index contributed by atoms with van der Waals surface area (Å²) in [6, 6.07) is 9.98. The van der Waals surface area contributed by atoms with E-state index in [9.17, 15) is 42.3 Å². The summed E-state index contributed by atoms with van der Waals surface area (Å²) in [5.74, 6) is -4.30. The van der Waals surface area contributed by atoms with E-state index in [1.165, 1.54) is 30.8 Å². The topological polar surface area (TPSA) is 146 Å². The lowest BCUT2D eigenvalue weighted by atomic mass is 9.68. The van der Waals surface area contributed by atoms with Gasteiger partial charge in [0.25, 0.3) is 5.91 Å². The molecule has 3 fully saturated rings. The third kappa shape index (κ3) is 4.91. The van der Waals surface area contributed by atoms with E-state index in [4.69, 9.17) is 4.74 Å². The summed E-state index contributed by atoms with van der Waals surface area (Å²) in [6.45, 7) is 0.894. The zero-order chi connectivity index (χ0) is 32.7. The maximum Gasteiger partial charge on any atom is 0.416 e. The van der Waals surface area contributed by atoms with Crippen LogP contribution in [0.5, 0.6) is 5.75 Å². The molecule has 46 heavy (non-hydrogen) atoms. The molecule has 2 aliphatic carbocycles. The second kappa shape index (κ2) is 11.0. The van der Waals surface area contributed by atoms with Crippen molar-refractivity contribution in [3.63, 3.8) is 0 Å². The minimum Gasteiger partial charge on any atom is -0.484 e. The standard InChI is InChI=1S/C31H26F3N3O7S2/c1-12(29(41)42)37-27(39)22-17-10-18(23(22)28(37)40)24-21(17)20(25-26(45-24)36-30(43)46-25)13-5-7-16(8-6-13)44-11-19(38)35-15-4-2-3-14(9-15)31(32,33)34/h2-9,12,17-18,20-24H,10-11H2,1H3,(H,35,38)(H,36,43)(H,41,42)/t12?,17?,18?,20-,21?,22?,23?,24?/m1/s1. The third-order valence-corrected chi connectivity index (χ3v) is 12.2. The third-order valence-electron chi connectivity index (χ3n) is 9.59. The van der Waals surface area contributed by atoms with Crippen molar-refractivity contribution >= 4 is 52.5 Å². The molecule has 10 nitrogen and oxygen atoms in total. The zero-order valence-electron chi connectivity index (χ0n) is 23.9. The van der Waals surface area contributed by atoms with Gasteiger partial charge in [0, 0.05) is 21.7 Å². The molecule has 4 aliphatic rings. The van der Waals surface area contributed by atoms with Crippen LogP contribution < -0.4 is 14.9 Å². The Morgan fingerprint density at radius 1 is 1.09 bits per heavy atom. The average Bonchev–Trinajstić information content (AvgIpc) is 3.74. The number of nitrogens with one attached hydrogen (secondary N) is 2. The summed E-state index contributed by atoms with van der Waals surface area (Å²) in [6.07, 6.45) is -3.89. The Labute approximate surface area is 267 Å². The van der Waals surface area contributed by atoms with E-state index in [1.54, 1.807) is 12.1 Å². The van der Waals surface area contributed by atoms with Crippen LogP contribution in [0.15, 0.2) is 58.4 Å². The number of carboxylic acid groups (broad SMARTS) is 1. The number of thiazole rings is 1. The number of thioether (sulfide) groups is 1. The van der Waals surface area contributed by atoms with E-state index in [2.05, 4.69) is 10.3 Å². The van der Waals surface area contributed by atoms with Gasteiger partial charge in [-0.05, 0) is 67.0 Å². The van der Waals surface area contributed by atoms with E-state index in [0.717, 1.165) is 43.8 Å². The number of hydrogen-bond acceptors (Lipinski definition) is 8. The Hall–Kier alpha value is -4.11. The minimum absolute atomic E-state index is 0.0131. The van der Waals surface area contributed by atoms with Gasteiger partial charge >= 0.3 is 17.0 Å². The van der Waals surface area contributed by atoms with Gasteiger partial charge in [-0.1, -0.05) is 29.5 Å². The lowest BCUT2D eigenvalue weighted by Gasteiger charge is -2.43. The highest BCUT2D eigenvalue weighted by Gasteiger charge is 2.70. The largest absolute Gasteiger partial charge is 0.484 e. The summed E-state index contributed by atoms with van der Waals surface area (Å²) in [5, 5.41) is 12.6. The number of aromatic amines is 1. The number of aromatic nitrogens is 1. The number of ether oxygens (including phenoxy) is 1. The molecule has 2 bridgehead atoms. The van der Waals surface area contributed by atoms with Gasteiger partial charge in [-0.3, -0.25) is 24.1 Å². The van der Waals surface area contributed by atoms with Crippen molar-refractivity contribution in [3.05, 3.63) is 74.2 Å². The fourth-order valence-electron chi connectivity index (χ4n) is 7.80. The summed E-state index contributed by atoms with van der Waals surface area (Å²) >= 11 is 2.62. The molecule has 1 saturated heterocycles. The molecular weight excluding hydrogens is 647 g/mol. The molecule has 2 aliphatic heterocycles. The second-order valence-electron chi connectivity index (χ2n) is 12.0. The van der Waals surface area contributed by atoms with Crippen molar-refractivity contribution in [2.75, 3.05) is 11.9 Å². The molecule has 7 unspecified atom stereocenters. The molecule has 240 valence electrons. The number of amides is 3. The first kappa shape index (κ1) is 30.5. The van der Waals surface area contributed by atoms with Crippen LogP contribution in [0.2, 0.25) is 0 Å². The summed E-state index contributed by atoms with van der Waals surface area (Å²) in [4.78, 5) is 68.0. The number of likely N-dealkylation sites (tertiary alicyclic amines) is 1. The monoisotopic (exact) mass is 673 g/mol. The number of imide groups is 1. The Morgan fingerprint density at radius 2 is 1.78 bits per heavy atom. The van der Waals surface area contributed by atoms with Crippen molar-refractivity contribution in [1.29, 1.82) is 0 Å². The SMILES string of the molecule is CC(C(=O)O)N1C(=O)C2C3CC(C2C1=O)C1C3Sc2[nH]c(=O)sc2[C@@H]1c1ccc(OCC(=O)Nc2cccc(C(F)(F)F)c2)cc1. The highest BCUT2D eigenvalue weighted by Crippen LogP contribution is 2.68. The number of carbonyl (C=O) groups excluding carboxylic acids is 3. The maximum absolute atomic E-state index is 13.5. The number of benzene rings is 2. The summed E-state index contributed by atoms with van der Waals surface area (Å²) < 4.78 is 44.6. The number of fused-ring (bicyclic) bond motifs is 9. The van der Waals surface area contributed by atoms with Gasteiger partial charge in [0.15, 0.2) is 6.61 Å². The van der Waals surface area contributed by atoms with Gasteiger partial charge in [-0.25, -0.2) is 4.79 Å². The number of carboxylic acids is 1. The van der Waals surface area contributed by atoms with E-state index in [0.29, 0.717) is 12.2 Å². The lowest BCUT2D eigenvalue weighted by Crippen LogP contribution is -2.44. The van der Waals surface area contributed by atoms with Crippen LogP contribution in [-0.2, 0) is 25.4 Å². The number of hydrogen-bond donors (Lipinski definition) is 3. The van der Waals surface area contributed by atoms with E-state index >= 15 is 0 Å². The molecule has 3 heterocycles. The van der Waals surface area contributed by atoms with Gasteiger partial charge in [-0.2, -0.15) is 13.2 Å². The number of alkyl halides is 3. The normalized spacial score (nSPS) is 28.4. The Bertz CT molecular complexity index is 1820. The van der Waals surface area contributed by atoms with Crippen molar-refractivity contribution in [2.45, 2.75) is 41.8 Å². The van der Waals surface area contributed by atoms with Crippen molar-refractivity contribution < 1.29 is 42.2 Å². The second-order valence-corrected chi connectivity index (χ2v) is 14.2. The van der Waals surface area contributed by atoms with Crippen molar-refractivity contribution in [1.82, 2.24) is 9.88 Å². The lowest BCUT2D eigenvalue weighted by molar-refractivity contribution is -0.154. The average molecular weight is 674 g/mol. The smallest absolute Gasteiger partial charge is 0.416 e. The fourth-order valence-corrected chi connectivity index (χ4v) is 10.7. The maximum atomic E-state index is 13.5. The summed E-state index contributed by atoms with van der Waals surface area (Å²) in [5.41, 5.74) is -0.0483. The molecule has 8 atom stereocenters. The molecule has 2 saturated carbocycles. The van der Waals surface area contributed by atoms with Crippen LogP contribution >= 0.6 is 23.1 Å². The first-order valence-corrected chi connectivity index (χ1v) is 16.2. The molecule has 0 spiro atoms. The van der Waals surface area contributed by atoms with Crippen LogP contribution in [0, 0.1) is 29.6 Å². The molecule has 2 aromatic carbocycles. The molecule has 7 rings (SSSR count). The highest BCUT2D eigenvalue weighted by atomic mass is 32.2.